The van der Waals surface area contributed by atoms with Gasteiger partial charge in [0.2, 0.25) is 5.91 Å². The van der Waals surface area contributed by atoms with E-state index in [0.717, 1.165) is 11.6 Å². The van der Waals surface area contributed by atoms with E-state index < -0.39 is 28.9 Å². The number of benzene rings is 2. The maximum Gasteiger partial charge on any atom is 0.258 e. The molecule has 2 aromatic carbocycles. The Morgan fingerprint density at radius 2 is 1.78 bits per heavy atom. The standard InChI is InChI=1S/C26H30Cl2FN3O4/c1-30-21(16-2-4-17(27)5-3-16)13-23(34)31-25-8-10-26(11-9-25,22(33)14-25)32-24(35)15-36-18-6-7-19(28)20(29)12-18/h2-7,12,21-22,30,33H,8-11,13-15H2,1H3,(H,31,34)(H,32,35)/t21?,22-,25?,26?/m0/s1. The molecule has 0 aliphatic heterocycles. The maximum absolute atomic E-state index is 13.6. The first-order valence-electron chi connectivity index (χ1n) is 11.9. The first-order valence-corrected chi connectivity index (χ1v) is 12.7. The first-order chi connectivity index (χ1) is 17.1. The molecular formula is C26H30Cl2FN3O4. The number of ether oxygens (including phenoxy) is 1. The van der Waals surface area contributed by atoms with E-state index in [1.54, 1.807) is 19.2 Å². The highest BCUT2D eigenvalue weighted by Crippen LogP contribution is 2.47. The minimum Gasteiger partial charge on any atom is -0.484 e. The number of amides is 2. The maximum atomic E-state index is 13.6. The van der Waals surface area contributed by atoms with Crippen LogP contribution in [-0.2, 0) is 9.59 Å². The predicted octanol–water partition coefficient (Wildman–Crippen LogP) is 3.91. The van der Waals surface area contributed by atoms with Crippen molar-refractivity contribution in [3.63, 3.8) is 0 Å². The van der Waals surface area contributed by atoms with Crippen LogP contribution in [-0.4, -0.2) is 47.8 Å². The number of hydrogen-bond donors (Lipinski definition) is 4. The second-order valence-electron chi connectivity index (χ2n) is 9.71. The van der Waals surface area contributed by atoms with Gasteiger partial charge in [0, 0.05) is 29.1 Å². The van der Waals surface area contributed by atoms with E-state index in [4.69, 9.17) is 27.9 Å². The highest BCUT2D eigenvalue weighted by molar-refractivity contribution is 6.30. The third-order valence-electron chi connectivity index (χ3n) is 7.39. The number of nitrogens with one attached hydrogen (secondary N) is 3. The molecule has 2 aromatic rings. The van der Waals surface area contributed by atoms with Crippen LogP contribution in [0.4, 0.5) is 4.39 Å². The minimum absolute atomic E-state index is 0.0275. The second kappa shape index (κ2) is 10.9. The predicted molar refractivity (Wildman–Crippen MR) is 136 cm³/mol. The molecule has 3 fully saturated rings. The zero-order chi connectivity index (χ0) is 25.9. The second-order valence-corrected chi connectivity index (χ2v) is 10.6. The Bertz CT molecular complexity index is 1110. The molecule has 7 nitrogen and oxygen atoms in total. The molecule has 10 heteroatoms. The van der Waals surface area contributed by atoms with Gasteiger partial charge in [-0.1, -0.05) is 35.3 Å². The smallest absolute Gasteiger partial charge is 0.258 e. The third-order valence-corrected chi connectivity index (χ3v) is 7.94. The first kappa shape index (κ1) is 26.7. The lowest BCUT2D eigenvalue weighted by atomic mass is 9.60. The molecule has 2 amide bonds. The van der Waals surface area contributed by atoms with Gasteiger partial charge >= 0.3 is 0 Å². The van der Waals surface area contributed by atoms with Gasteiger partial charge in [-0.2, -0.15) is 0 Å². The summed E-state index contributed by atoms with van der Waals surface area (Å²) < 4.78 is 19.0. The van der Waals surface area contributed by atoms with Crippen LogP contribution in [0.2, 0.25) is 10.0 Å². The molecule has 0 spiro atoms. The Morgan fingerprint density at radius 1 is 1.08 bits per heavy atom. The summed E-state index contributed by atoms with van der Waals surface area (Å²) >= 11 is 11.6. The Morgan fingerprint density at radius 3 is 2.39 bits per heavy atom. The zero-order valence-corrected chi connectivity index (χ0v) is 21.5. The molecule has 3 aliphatic rings. The van der Waals surface area contributed by atoms with E-state index in [0.29, 0.717) is 37.1 Å². The van der Waals surface area contributed by atoms with Crippen LogP contribution in [0.15, 0.2) is 42.5 Å². The van der Waals surface area contributed by atoms with E-state index in [2.05, 4.69) is 16.0 Å². The Labute approximate surface area is 219 Å². The van der Waals surface area contributed by atoms with Crippen molar-refractivity contribution < 1.29 is 23.8 Å². The molecule has 3 aliphatic carbocycles. The van der Waals surface area contributed by atoms with Crippen molar-refractivity contribution in [2.75, 3.05) is 13.7 Å². The van der Waals surface area contributed by atoms with Gasteiger partial charge in [-0.15, -0.1) is 0 Å². The van der Waals surface area contributed by atoms with Crippen LogP contribution in [0.3, 0.4) is 0 Å². The molecule has 1 unspecified atom stereocenters. The molecule has 2 bridgehead atoms. The van der Waals surface area contributed by atoms with E-state index >= 15 is 0 Å². The monoisotopic (exact) mass is 537 g/mol. The molecule has 0 radical (unpaired) electrons. The summed E-state index contributed by atoms with van der Waals surface area (Å²) in [4.78, 5) is 25.5. The van der Waals surface area contributed by atoms with Crippen molar-refractivity contribution in [3.8, 4) is 5.75 Å². The highest BCUT2D eigenvalue weighted by atomic mass is 35.5. The van der Waals surface area contributed by atoms with Crippen LogP contribution in [0.5, 0.6) is 5.75 Å². The molecule has 5 rings (SSSR count). The van der Waals surface area contributed by atoms with E-state index in [1.165, 1.54) is 12.1 Å². The average Bonchev–Trinajstić information content (AvgIpc) is 2.85. The summed E-state index contributed by atoms with van der Waals surface area (Å²) in [5, 5.41) is 20.9. The SMILES string of the molecule is CNC(CC(=O)NC12CCC(NC(=O)COc3ccc(Cl)c(F)c3)(CC1)[C@@H](O)C2)c1ccc(Cl)cc1. The largest absolute Gasteiger partial charge is 0.484 e. The van der Waals surface area contributed by atoms with Crippen molar-refractivity contribution in [1.82, 2.24) is 16.0 Å². The van der Waals surface area contributed by atoms with E-state index in [-0.39, 0.29) is 35.7 Å². The zero-order valence-electron chi connectivity index (χ0n) is 20.0. The van der Waals surface area contributed by atoms with Crippen LogP contribution in [0.25, 0.3) is 0 Å². The lowest BCUT2D eigenvalue weighted by molar-refractivity contribution is -0.136. The molecule has 0 heterocycles. The fraction of sp³-hybridized carbons (Fsp3) is 0.462. The van der Waals surface area contributed by atoms with Gasteiger partial charge in [-0.05, 0) is 69.0 Å². The van der Waals surface area contributed by atoms with Crippen LogP contribution in [0, 0.1) is 5.82 Å². The van der Waals surface area contributed by atoms with Crippen LogP contribution in [0.1, 0.15) is 50.1 Å². The van der Waals surface area contributed by atoms with Gasteiger partial charge in [-0.3, -0.25) is 9.59 Å². The molecule has 194 valence electrons. The van der Waals surface area contributed by atoms with Gasteiger partial charge in [-0.25, -0.2) is 4.39 Å². The molecule has 2 atom stereocenters. The fourth-order valence-corrected chi connectivity index (χ4v) is 5.55. The van der Waals surface area contributed by atoms with Crippen molar-refractivity contribution in [2.24, 2.45) is 0 Å². The van der Waals surface area contributed by atoms with Crippen molar-refractivity contribution >= 4 is 35.0 Å². The molecule has 4 N–H and O–H groups in total. The van der Waals surface area contributed by atoms with Gasteiger partial charge in [0.05, 0.1) is 16.7 Å². The van der Waals surface area contributed by atoms with Crippen LogP contribution < -0.4 is 20.7 Å². The van der Waals surface area contributed by atoms with E-state index in [9.17, 15) is 19.1 Å². The van der Waals surface area contributed by atoms with Crippen molar-refractivity contribution in [2.45, 2.75) is 61.7 Å². The molecule has 3 saturated carbocycles. The summed E-state index contributed by atoms with van der Waals surface area (Å²) in [6.45, 7) is -0.312. The quantitative estimate of drug-likeness (QED) is 0.388. The van der Waals surface area contributed by atoms with Gasteiger partial charge in [0.15, 0.2) is 6.61 Å². The Kier molecular flexibility index (Phi) is 8.09. The minimum atomic E-state index is -0.811. The lowest BCUT2D eigenvalue weighted by Crippen LogP contribution is -2.70. The van der Waals surface area contributed by atoms with Gasteiger partial charge < -0.3 is 25.8 Å². The number of carbonyl (C=O) groups excluding carboxylic acids is 2. The third kappa shape index (κ3) is 5.94. The normalized spacial score (nSPS) is 25.8. The molecular weight excluding hydrogens is 508 g/mol. The Balaban J connectivity index is 1.31. The summed E-state index contributed by atoms with van der Waals surface area (Å²) in [5.41, 5.74) is -0.305. The highest BCUT2D eigenvalue weighted by Gasteiger charge is 2.55. The topological polar surface area (TPSA) is 99.7 Å². The van der Waals surface area contributed by atoms with Gasteiger partial charge in [0.1, 0.15) is 11.6 Å². The molecule has 36 heavy (non-hydrogen) atoms. The van der Waals surface area contributed by atoms with Gasteiger partial charge in [0.25, 0.3) is 5.91 Å². The Hall–Kier alpha value is -2.39. The number of rotatable bonds is 9. The number of halogens is 3. The summed E-state index contributed by atoms with van der Waals surface area (Å²) in [7, 11) is 1.81. The molecule has 0 aromatic heterocycles. The fourth-order valence-electron chi connectivity index (χ4n) is 5.30. The summed E-state index contributed by atoms with van der Waals surface area (Å²) in [6.07, 6.45) is 2.14. The molecule has 0 saturated heterocycles. The average molecular weight is 538 g/mol. The number of hydrogen-bond acceptors (Lipinski definition) is 5. The van der Waals surface area contributed by atoms with Crippen molar-refractivity contribution in [3.05, 3.63) is 63.9 Å². The summed E-state index contributed by atoms with van der Waals surface area (Å²) in [5.74, 6) is -0.936. The number of aliphatic hydroxyl groups is 1. The number of carbonyl (C=O) groups is 2. The van der Waals surface area contributed by atoms with E-state index in [1.807, 2.05) is 12.1 Å². The van der Waals surface area contributed by atoms with Crippen LogP contribution >= 0.6 is 23.2 Å². The number of fused-ring (bicyclic) bond motifs is 3. The lowest BCUT2D eigenvalue weighted by Gasteiger charge is -2.56. The van der Waals surface area contributed by atoms with Crippen molar-refractivity contribution in [1.29, 1.82) is 0 Å². The number of aliphatic hydroxyl groups excluding tert-OH is 1. The summed E-state index contributed by atoms with van der Waals surface area (Å²) in [6, 6.07) is 11.2.